The van der Waals surface area contributed by atoms with Crippen LogP contribution in [0.25, 0.3) is 0 Å². The Morgan fingerprint density at radius 2 is 0.953 bits per heavy atom. The fourth-order valence-electron chi connectivity index (χ4n) is 15.7. The number of hydrogen-bond donors (Lipinski definition) is 24. The van der Waals surface area contributed by atoms with Crippen molar-refractivity contribution in [2.75, 3.05) is 74.2 Å². The predicted molar refractivity (Wildman–Crippen MR) is 535 cm³/mol. The molecule has 53 nitrogen and oxygen atoms in total. The zero-order valence-electron chi connectivity index (χ0n) is 83.7. The smallest absolute Gasteiger partial charge is 0.305 e. The third kappa shape index (κ3) is 42.2. The van der Waals surface area contributed by atoms with Crippen molar-refractivity contribution in [3.8, 4) is 11.5 Å². The first kappa shape index (κ1) is 123. The van der Waals surface area contributed by atoms with Crippen molar-refractivity contribution in [2.45, 2.75) is 274 Å². The van der Waals surface area contributed by atoms with Gasteiger partial charge in [-0.15, -0.1) is 11.8 Å². The summed E-state index contributed by atoms with van der Waals surface area (Å²) in [5, 5.41) is 90.0. The van der Waals surface area contributed by atoms with E-state index in [9.17, 15) is 131 Å². The zero-order chi connectivity index (χ0) is 111. The summed E-state index contributed by atoms with van der Waals surface area (Å²) in [6.45, 7) is 6.53. The molecule has 27 N–H and O–H groups in total. The number of unbranched alkanes of at least 4 members (excludes halogenated alkanes) is 2. The number of carboxylic acid groups (broad SMARTS) is 3. The number of carbonyl (C=O) groups is 25. The van der Waals surface area contributed by atoms with Gasteiger partial charge in [-0.05, 0) is 126 Å². The van der Waals surface area contributed by atoms with E-state index in [1.807, 2.05) is 0 Å². The van der Waals surface area contributed by atoms with Gasteiger partial charge in [-0.1, -0.05) is 64.3 Å². The second-order valence-electron chi connectivity index (χ2n) is 36.3. The molecule has 4 saturated heterocycles. The summed E-state index contributed by atoms with van der Waals surface area (Å²) >= 11 is 2.41. The number of carbonyl (C=O) groups excluding carboxylic acids is 22. The fraction of sp³-hybridized carbons (Fsp3) is 0.602. The number of amides is 22. The molecule has 4 aliphatic rings. The Bertz CT molecular complexity index is 5130. The first-order valence-electron chi connectivity index (χ1n) is 48.6. The summed E-state index contributed by atoms with van der Waals surface area (Å²) in [6, 6.07) is -16.8. The van der Waals surface area contributed by atoms with Crippen molar-refractivity contribution in [2.24, 2.45) is 23.1 Å². The number of thioether (sulfide) groups is 3. The second-order valence-corrected chi connectivity index (χ2v) is 39.7. The lowest BCUT2D eigenvalue weighted by atomic mass is 9.97. The van der Waals surface area contributed by atoms with E-state index in [2.05, 4.69) is 85.1 Å². The predicted octanol–water partition coefficient (Wildman–Crippen LogP) is -6.96. The van der Waals surface area contributed by atoms with Crippen molar-refractivity contribution in [1.29, 1.82) is 0 Å². The van der Waals surface area contributed by atoms with Gasteiger partial charge in [-0.25, -0.2) is 0 Å². The van der Waals surface area contributed by atoms with Crippen LogP contribution in [0.3, 0.4) is 0 Å². The minimum absolute atomic E-state index is 0.0135. The minimum atomic E-state index is -1.99. The number of nitrogens with one attached hydrogen (secondary N) is 16. The number of phenolic OH excluding ortho intramolecular Hbond substituents is 2. The molecule has 0 aliphatic carbocycles. The fourth-order valence-corrected chi connectivity index (χ4v) is 18.5. The third-order valence-electron chi connectivity index (χ3n) is 24.3. The van der Waals surface area contributed by atoms with E-state index in [0.717, 1.165) is 57.0 Å². The van der Waals surface area contributed by atoms with E-state index >= 15 is 14.4 Å². The second kappa shape index (κ2) is 62.2. The molecule has 0 spiro atoms. The standard InChI is InChI=1S/C93H137N23O30S3/c1-8-10-14-57-83(136)110-65(88(141)99-49(4)78(96)131)41-147-35-31-71(122)113-45-114-47-115(46-113)73(124)44-149-43-67(89(142)103-58(15-11-12-33-94)82(135)100-51(6)80(133)108-64(39-76(129)130)93(146)116-34-13-16-68(116)91(144)107-63(86(139)102-57)38-54-19-23-56(119)24-20-54)111-87(140)62(37-53-17-21-55(118)22-18-53)106-84(137)60(25-28-69(95)120)101-70(121)40-97-81(134)59(26-29-74(125)126)104-85(138)61(27-30-75(127)128)105-92(145)77(48(3)9-2)112-90(143)66(42-148-36-32-72(114)123)109-79(132)50(5)98-52(7)117/h17-24,48-51,57-68,77,118-119H,8-16,25-47,94H2,1-7H3,(H2,95,120)(H2,96,131)(H,97,134)(H,98,117)(H,99,141)(H,100,135)(H,101,121)(H,102,139)(H,103,142)(H,104,138)(H,105,145)(H,106,137)(H,107,144)(H,108,133)(H,109,132)(H,110,136)(H,111,140)(H,112,143)(H,125,126)(H,127,128)(H,129,130)/t48-,49-,50-,51-,57-,58-,59-,60-,61-,62-,63-,64-,65-,66-,67-,68-,77-/m0/s1. The van der Waals surface area contributed by atoms with Crippen LogP contribution >= 0.6 is 35.3 Å². The Hall–Kier alpha value is -14.2. The highest BCUT2D eigenvalue weighted by atomic mass is 32.2. The Labute approximate surface area is 870 Å². The Morgan fingerprint density at radius 3 is 1.48 bits per heavy atom. The van der Waals surface area contributed by atoms with Crippen molar-refractivity contribution in [3.05, 3.63) is 59.7 Å². The number of aliphatic carboxylic acids is 3. The number of fused-ring (bicyclic) bond motifs is 7. The highest BCUT2D eigenvalue weighted by Crippen LogP contribution is 2.25. The highest BCUT2D eigenvalue weighted by molar-refractivity contribution is 8.00. The van der Waals surface area contributed by atoms with Crippen LogP contribution in [0.2, 0.25) is 0 Å². The molecule has 4 aliphatic heterocycles. The Kier molecular flexibility index (Phi) is 51.5. The average Bonchev–Trinajstić information content (AvgIpc) is 1.50. The molecule has 4 heterocycles. The van der Waals surface area contributed by atoms with Gasteiger partial charge in [-0.2, -0.15) is 23.5 Å². The van der Waals surface area contributed by atoms with E-state index < -0.39 is 358 Å². The highest BCUT2D eigenvalue weighted by Gasteiger charge is 2.44. The molecule has 0 unspecified atom stereocenters. The lowest BCUT2D eigenvalue weighted by Crippen LogP contribution is -2.61. The van der Waals surface area contributed by atoms with Gasteiger partial charge in [0, 0.05) is 87.2 Å². The maximum atomic E-state index is 15.5. The van der Waals surface area contributed by atoms with Crippen LogP contribution in [0, 0.1) is 5.92 Å². The van der Waals surface area contributed by atoms with Crippen molar-refractivity contribution >= 4 is 183 Å². The van der Waals surface area contributed by atoms with Gasteiger partial charge in [0.1, 0.15) is 108 Å². The first-order valence-corrected chi connectivity index (χ1v) is 52.1. The van der Waals surface area contributed by atoms with E-state index in [0.29, 0.717) is 23.7 Å². The number of nitrogens with two attached hydrogens (primary N) is 3. The van der Waals surface area contributed by atoms with Gasteiger partial charge >= 0.3 is 17.9 Å². The number of phenols is 2. The Morgan fingerprint density at radius 1 is 0.477 bits per heavy atom. The molecule has 0 saturated carbocycles. The SMILES string of the molecule is CCCC[C@@H]1NC(=O)[C@H](Cc2ccc(O)cc2)NC(=O)[C@@H]2CCCN2C(=O)[C@H](CC(=O)O)NC(=O)[C@H](C)NC(=O)[C@H](CCCCN)NC(=O)[C@@H]2CSCC(=O)N3CN(CN(C3)C(=O)CCSC[C@@H](C(=O)N[C@@H](C)C(N)=O)NC1=O)C(=O)CCSC[C@H](NC(=O)[C@H](C)NC(C)=O)C(=O)N[C@@H]([C@@H](C)CC)C(=O)N[C@@H](CCC(=O)O)C(=O)N[C@@H](CCC(=O)O)C(=O)NCC(=O)N[C@@H](CCC(N)=O)C(=O)N[C@@H](Cc1ccc(O)cc1)C(=O)N2. The number of nitrogens with zero attached hydrogens (tertiary/aromatic N) is 4. The topological polar surface area (TPSA) is 811 Å². The molecule has 2 aromatic rings. The number of hydrogen-bond acceptors (Lipinski definition) is 31. The van der Waals surface area contributed by atoms with Crippen LogP contribution in [-0.2, 0) is 133 Å². The van der Waals surface area contributed by atoms with E-state index in [1.54, 1.807) is 13.8 Å². The molecule has 4 bridgehead atoms. The van der Waals surface area contributed by atoms with Gasteiger partial charge in [0.15, 0.2) is 0 Å². The summed E-state index contributed by atoms with van der Waals surface area (Å²) in [5.41, 5.74) is 17.6. The number of benzene rings is 2. The number of carboxylic acids is 3. The van der Waals surface area contributed by atoms with Crippen molar-refractivity contribution < 1.29 is 145 Å². The minimum Gasteiger partial charge on any atom is -0.508 e. The lowest BCUT2D eigenvalue weighted by Gasteiger charge is -2.42. The van der Waals surface area contributed by atoms with Crippen LogP contribution in [0.5, 0.6) is 11.5 Å². The van der Waals surface area contributed by atoms with Crippen LogP contribution < -0.4 is 102 Å². The molecular weight excluding hydrogens is 2020 g/mol. The maximum absolute atomic E-state index is 15.5. The lowest BCUT2D eigenvalue weighted by molar-refractivity contribution is -0.157. The molecule has 0 radical (unpaired) electrons. The number of primary amides is 2. The van der Waals surface area contributed by atoms with E-state index in [4.69, 9.17) is 17.2 Å². The maximum Gasteiger partial charge on any atom is 0.305 e. The quantitative estimate of drug-likeness (QED) is 0.0323. The van der Waals surface area contributed by atoms with Gasteiger partial charge in [-0.3, -0.25) is 120 Å². The summed E-state index contributed by atoms with van der Waals surface area (Å²) in [5.74, 6) is -32.0. The number of aromatic hydroxyl groups is 2. The first-order chi connectivity index (χ1) is 70.5. The molecule has 822 valence electrons. The average molecular weight is 2150 g/mol. The molecule has 4 fully saturated rings. The van der Waals surface area contributed by atoms with Gasteiger partial charge in [0.2, 0.25) is 130 Å². The molecule has 2 aromatic carbocycles. The largest absolute Gasteiger partial charge is 0.508 e. The van der Waals surface area contributed by atoms with Crippen molar-refractivity contribution in [1.82, 2.24) is 105 Å². The van der Waals surface area contributed by atoms with Crippen molar-refractivity contribution in [3.63, 3.8) is 0 Å². The summed E-state index contributed by atoms with van der Waals surface area (Å²) in [7, 11) is 0. The summed E-state index contributed by atoms with van der Waals surface area (Å²) in [6.07, 6.45) is -6.89. The molecular formula is C93H137N23O30S3. The molecule has 6 rings (SSSR count). The van der Waals surface area contributed by atoms with Crippen LogP contribution in [-0.4, -0.2) is 364 Å². The monoisotopic (exact) mass is 2150 g/mol. The van der Waals surface area contributed by atoms with Gasteiger partial charge < -0.3 is 147 Å². The van der Waals surface area contributed by atoms with E-state index in [1.165, 1.54) is 69.3 Å². The molecule has 0 aromatic heterocycles. The molecule has 56 heteroatoms. The molecule has 22 amide bonds. The van der Waals surface area contributed by atoms with Gasteiger partial charge in [0.05, 0.1) is 38.7 Å². The van der Waals surface area contributed by atoms with Crippen LogP contribution in [0.4, 0.5) is 0 Å². The van der Waals surface area contributed by atoms with Gasteiger partial charge in [0.25, 0.3) is 0 Å². The third-order valence-corrected chi connectivity index (χ3v) is 27.5. The normalized spacial score (nSPS) is 24.6. The zero-order valence-corrected chi connectivity index (χ0v) is 86.2. The molecule has 149 heavy (non-hydrogen) atoms. The van der Waals surface area contributed by atoms with Crippen LogP contribution in [0.1, 0.15) is 175 Å². The summed E-state index contributed by atoms with van der Waals surface area (Å²) in [4.78, 5) is 359. The Balaban J connectivity index is 1.56. The molecule has 17 atom stereocenters. The van der Waals surface area contributed by atoms with Crippen LogP contribution in [0.15, 0.2) is 48.5 Å². The summed E-state index contributed by atoms with van der Waals surface area (Å²) < 4.78 is 0. The number of rotatable bonds is 30. The van der Waals surface area contributed by atoms with E-state index in [-0.39, 0.29) is 105 Å².